The number of sulfone groups is 1. The van der Waals surface area contributed by atoms with Crippen LogP contribution >= 0.6 is 11.6 Å². The highest BCUT2D eigenvalue weighted by molar-refractivity contribution is 7.92. The van der Waals surface area contributed by atoms with Gasteiger partial charge >= 0.3 is 0 Å². The number of benzene rings is 2. The third kappa shape index (κ3) is 4.74. The van der Waals surface area contributed by atoms with Crippen LogP contribution in [0.3, 0.4) is 0 Å². The number of nitrogens with one attached hydrogen (secondary N) is 1. The molecule has 2 saturated carbocycles. The van der Waals surface area contributed by atoms with Crippen LogP contribution in [0.15, 0.2) is 53.0 Å². The predicted molar refractivity (Wildman–Crippen MR) is 127 cm³/mol. The number of halogens is 4. The van der Waals surface area contributed by atoms with Crippen molar-refractivity contribution in [3.05, 3.63) is 71.0 Å². The van der Waals surface area contributed by atoms with Crippen LogP contribution in [-0.2, 0) is 14.7 Å². The monoisotopic (exact) mass is 542 g/mol. The van der Waals surface area contributed by atoms with E-state index >= 15 is 0 Å². The molecule has 0 radical (unpaired) electrons. The van der Waals surface area contributed by atoms with Gasteiger partial charge in [-0.25, -0.2) is 21.6 Å². The Hall–Kier alpha value is -2.89. The van der Waals surface area contributed by atoms with Crippen LogP contribution in [0.1, 0.15) is 29.6 Å². The van der Waals surface area contributed by atoms with Crippen LogP contribution in [-0.4, -0.2) is 43.1 Å². The van der Waals surface area contributed by atoms with Crippen molar-refractivity contribution in [3.8, 4) is 0 Å². The first-order valence-electron chi connectivity index (χ1n) is 11.0. The summed E-state index contributed by atoms with van der Waals surface area (Å²) in [5.74, 6) is -6.58. The van der Waals surface area contributed by atoms with Crippen molar-refractivity contribution >= 4 is 39.2 Å². The molecule has 7 nitrogen and oxygen atoms in total. The number of carbonyl (C=O) groups is 1. The summed E-state index contributed by atoms with van der Waals surface area (Å²) >= 11 is 6.22. The largest absolute Gasteiger partial charge is 0.392 e. The molecule has 0 spiro atoms. The molecule has 2 N–H and O–H groups in total. The molecule has 4 atom stereocenters. The third-order valence-corrected chi connectivity index (χ3v) is 9.41. The third-order valence-electron chi connectivity index (χ3n) is 6.58. The number of aliphatic hydroxyl groups is 1. The van der Waals surface area contributed by atoms with E-state index in [1.165, 1.54) is 24.4 Å². The van der Waals surface area contributed by atoms with Gasteiger partial charge < -0.3 is 15.3 Å². The molecule has 0 aromatic heterocycles. The molecule has 2 bridgehead atoms. The van der Waals surface area contributed by atoms with Gasteiger partial charge in [0.25, 0.3) is 5.91 Å². The van der Waals surface area contributed by atoms with Crippen LogP contribution in [0.25, 0.3) is 0 Å². The minimum atomic E-state index is -4.12. The van der Waals surface area contributed by atoms with Crippen molar-refractivity contribution in [1.29, 1.82) is 0 Å². The van der Waals surface area contributed by atoms with Gasteiger partial charge in [-0.1, -0.05) is 29.4 Å². The highest BCUT2D eigenvalue weighted by Crippen LogP contribution is 2.54. The average molecular weight is 543 g/mol. The Kier molecular flexibility index (Phi) is 7.18. The second-order valence-corrected chi connectivity index (χ2v) is 11.3. The standard InChI is InChI=1S/C24H22ClF3N2O5S/c1-2-7-35-29-12-24(32)11-14-3-5-16(24)22(14)36(33,34)20-8-13(4-6-17(20)25)23(31)30-15-9-18(26)21(28)19(27)10-15/h2,4,6,8-10,12,14,16,22,32H,1,3,5,7,11H2,(H,30,31)/b29-12+/t14?,16?,22-,24+/m1/s1. The summed E-state index contributed by atoms with van der Waals surface area (Å²) in [6, 6.07) is 4.74. The molecule has 1 amide bonds. The molecule has 2 aliphatic carbocycles. The van der Waals surface area contributed by atoms with E-state index in [-0.39, 0.29) is 40.1 Å². The molecule has 2 aliphatic rings. The van der Waals surface area contributed by atoms with Gasteiger partial charge in [-0.15, -0.1) is 0 Å². The number of hydrogen-bond donors (Lipinski definition) is 2. The number of anilines is 1. The molecule has 0 heterocycles. The molecule has 36 heavy (non-hydrogen) atoms. The number of rotatable bonds is 8. The zero-order valence-electron chi connectivity index (χ0n) is 18.8. The minimum Gasteiger partial charge on any atom is -0.392 e. The average Bonchev–Trinajstić information content (AvgIpc) is 3.37. The fourth-order valence-corrected chi connectivity index (χ4v) is 7.96. The molecule has 2 fully saturated rings. The van der Waals surface area contributed by atoms with Crippen molar-refractivity contribution in [2.75, 3.05) is 11.9 Å². The first-order valence-corrected chi connectivity index (χ1v) is 12.9. The van der Waals surface area contributed by atoms with Gasteiger partial charge in [-0.2, -0.15) is 0 Å². The topological polar surface area (TPSA) is 105 Å². The lowest BCUT2D eigenvalue weighted by atomic mass is 9.85. The smallest absolute Gasteiger partial charge is 0.255 e. The summed E-state index contributed by atoms with van der Waals surface area (Å²) in [6.07, 6.45) is 3.89. The van der Waals surface area contributed by atoms with Crippen molar-refractivity contribution in [1.82, 2.24) is 0 Å². The number of nitrogens with zero attached hydrogens (tertiary/aromatic N) is 1. The lowest BCUT2D eigenvalue weighted by Gasteiger charge is -2.28. The Labute approximate surface area is 210 Å². The second-order valence-electron chi connectivity index (χ2n) is 8.82. The first-order chi connectivity index (χ1) is 17.0. The van der Waals surface area contributed by atoms with E-state index in [1.54, 1.807) is 0 Å². The molecular formula is C24H22ClF3N2O5S. The van der Waals surface area contributed by atoms with E-state index in [9.17, 15) is 31.5 Å². The van der Waals surface area contributed by atoms with Crippen molar-refractivity contribution in [2.24, 2.45) is 17.0 Å². The van der Waals surface area contributed by atoms with Crippen LogP contribution in [0.2, 0.25) is 5.02 Å². The van der Waals surface area contributed by atoms with Gasteiger partial charge in [0.1, 0.15) is 12.2 Å². The minimum absolute atomic E-state index is 0.122. The Morgan fingerprint density at radius 1 is 1.25 bits per heavy atom. The van der Waals surface area contributed by atoms with Gasteiger partial charge in [0.15, 0.2) is 27.3 Å². The van der Waals surface area contributed by atoms with Gasteiger partial charge in [0, 0.05) is 29.3 Å². The van der Waals surface area contributed by atoms with E-state index in [0.29, 0.717) is 25.0 Å². The summed E-state index contributed by atoms with van der Waals surface area (Å²) < 4.78 is 67.5. The lowest BCUT2D eigenvalue weighted by molar-refractivity contribution is 0.0533. The highest BCUT2D eigenvalue weighted by Gasteiger charge is 2.61. The maximum atomic E-state index is 13.7. The SMILES string of the molecule is C=CCO/N=C/[C@@]1(O)CC2CCC1[C@@H]2S(=O)(=O)c1cc(C(=O)Nc2cc(F)c(F)c(F)c2)ccc1Cl. The summed E-state index contributed by atoms with van der Waals surface area (Å²) in [6.45, 7) is 3.62. The van der Waals surface area contributed by atoms with E-state index in [0.717, 1.165) is 6.07 Å². The lowest BCUT2D eigenvalue weighted by Crippen LogP contribution is -2.40. The van der Waals surface area contributed by atoms with Gasteiger partial charge in [-0.3, -0.25) is 4.79 Å². The highest BCUT2D eigenvalue weighted by atomic mass is 35.5. The van der Waals surface area contributed by atoms with E-state index < -0.39 is 50.0 Å². The zero-order chi connectivity index (χ0) is 26.3. The number of amides is 1. The van der Waals surface area contributed by atoms with Crippen LogP contribution in [0.5, 0.6) is 0 Å². The number of oxime groups is 1. The fraction of sp³-hybridized carbons (Fsp3) is 0.333. The fourth-order valence-electron chi connectivity index (χ4n) is 5.06. The van der Waals surface area contributed by atoms with Crippen LogP contribution < -0.4 is 5.32 Å². The summed E-state index contributed by atoms with van der Waals surface area (Å²) in [7, 11) is -4.12. The summed E-state index contributed by atoms with van der Waals surface area (Å²) in [5, 5.41) is 16.0. The van der Waals surface area contributed by atoms with E-state index in [1.807, 2.05) is 0 Å². The molecule has 2 unspecified atom stereocenters. The van der Waals surface area contributed by atoms with Gasteiger partial charge in [0.2, 0.25) is 0 Å². The molecule has 2 aromatic carbocycles. The molecular weight excluding hydrogens is 521 g/mol. The normalized spacial score (nSPS) is 25.3. The van der Waals surface area contributed by atoms with Gasteiger partial charge in [0.05, 0.1) is 21.4 Å². The molecule has 12 heteroatoms. The number of hydrogen-bond acceptors (Lipinski definition) is 6. The molecule has 2 aromatic rings. The Morgan fingerprint density at radius 2 is 1.94 bits per heavy atom. The van der Waals surface area contributed by atoms with E-state index in [2.05, 4.69) is 17.1 Å². The Balaban J connectivity index is 1.61. The van der Waals surface area contributed by atoms with Crippen molar-refractivity contribution < 1.29 is 36.3 Å². The Morgan fingerprint density at radius 3 is 2.61 bits per heavy atom. The summed E-state index contributed by atoms with van der Waals surface area (Å²) in [5.41, 5.74) is -1.99. The van der Waals surface area contributed by atoms with Gasteiger partial charge in [-0.05, 0) is 43.4 Å². The van der Waals surface area contributed by atoms with Crippen LogP contribution in [0, 0.1) is 29.3 Å². The molecule has 0 saturated heterocycles. The maximum Gasteiger partial charge on any atom is 0.255 e. The number of fused-ring (bicyclic) bond motifs is 2. The van der Waals surface area contributed by atoms with Crippen LogP contribution in [0.4, 0.5) is 18.9 Å². The quantitative estimate of drug-likeness (QED) is 0.168. The molecule has 192 valence electrons. The number of carbonyl (C=O) groups excluding carboxylic acids is 1. The molecule has 0 aliphatic heterocycles. The van der Waals surface area contributed by atoms with Crippen molar-refractivity contribution in [3.63, 3.8) is 0 Å². The van der Waals surface area contributed by atoms with E-state index in [4.69, 9.17) is 16.4 Å². The second kappa shape index (κ2) is 9.87. The molecule has 4 rings (SSSR count). The first kappa shape index (κ1) is 26.2. The summed E-state index contributed by atoms with van der Waals surface area (Å²) in [4.78, 5) is 17.3. The maximum absolute atomic E-state index is 13.7. The zero-order valence-corrected chi connectivity index (χ0v) is 20.3. The predicted octanol–water partition coefficient (Wildman–Crippen LogP) is 4.50. The Bertz CT molecular complexity index is 1330. The van der Waals surface area contributed by atoms with Crippen molar-refractivity contribution in [2.45, 2.75) is 35.0 Å².